The van der Waals surface area contributed by atoms with Crippen LogP contribution in [0.5, 0.6) is 17.2 Å². The molecular weight excluding hydrogens is 416 g/mol. The first-order valence-electron chi connectivity index (χ1n) is 11.8. The van der Waals surface area contributed by atoms with Crippen LogP contribution in [0.1, 0.15) is 67.2 Å². The molecular formula is C28H38O5. The standard InChI is InChI=1S/C28H38O5/c1-7-8-9-10-18-30-24-16-12-15-23-25(24)33-28(29)27(26(23)32-21(4)5)31-19-17-22(6)14-11-13-20(2)3/h8-9,12-13,15-17,21H,7,10-11,14,18-19H2,1-6H3. The van der Waals surface area contributed by atoms with Crippen LogP contribution >= 0.6 is 0 Å². The molecule has 1 aromatic heterocycles. The number of hydrogen-bond acceptors (Lipinski definition) is 5. The largest absolute Gasteiger partial charge is 0.489 e. The first kappa shape index (κ1) is 26.3. The Balaban J connectivity index is 2.29. The van der Waals surface area contributed by atoms with Crippen LogP contribution < -0.4 is 19.8 Å². The highest BCUT2D eigenvalue weighted by molar-refractivity contribution is 5.89. The van der Waals surface area contributed by atoms with E-state index in [1.165, 1.54) is 11.1 Å². The number of hydrogen-bond donors (Lipinski definition) is 0. The van der Waals surface area contributed by atoms with Crippen molar-refractivity contribution in [3.8, 4) is 17.2 Å². The molecule has 180 valence electrons. The molecule has 0 amide bonds. The second-order valence-electron chi connectivity index (χ2n) is 8.55. The van der Waals surface area contributed by atoms with E-state index < -0.39 is 5.63 Å². The van der Waals surface area contributed by atoms with Gasteiger partial charge in [-0.2, -0.15) is 0 Å². The van der Waals surface area contributed by atoms with Gasteiger partial charge in [-0.05, 0) is 78.5 Å². The molecule has 0 N–H and O–H groups in total. The molecule has 1 aromatic carbocycles. The van der Waals surface area contributed by atoms with Gasteiger partial charge in [-0.3, -0.25) is 0 Å². The van der Waals surface area contributed by atoms with E-state index in [9.17, 15) is 4.79 Å². The molecule has 0 aliphatic rings. The number of fused-ring (bicyclic) bond motifs is 1. The maximum atomic E-state index is 12.9. The van der Waals surface area contributed by atoms with E-state index in [4.69, 9.17) is 18.6 Å². The molecule has 0 atom stereocenters. The summed E-state index contributed by atoms with van der Waals surface area (Å²) in [6.45, 7) is 12.9. The monoisotopic (exact) mass is 454 g/mol. The van der Waals surface area contributed by atoms with Crippen LogP contribution in [-0.2, 0) is 0 Å². The summed E-state index contributed by atoms with van der Waals surface area (Å²) >= 11 is 0. The van der Waals surface area contributed by atoms with Gasteiger partial charge >= 0.3 is 5.63 Å². The van der Waals surface area contributed by atoms with E-state index in [0.717, 1.165) is 25.7 Å². The van der Waals surface area contributed by atoms with Gasteiger partial charge in [0, 0.05) is 0 Å². The molecule has 0 saturated heterocycles. The maximum absolute atomic E-state index is 12.9. The number of para-hydroxylation sites is 1. The molecule has 0 bridgehead atoms. The van der Waals surface area contributed by atoms with Crippen LogP contribution in [0.3, 0.4) is 0 Å². The van der Waals surface area contributed by atoms with E-state index >= 15 is 0 Å². The smallest absolute Gasteiger partial charge is 0.383 e. The van der Waals surface area contributed by atoms with E-state index in [1.807, 2.05) is 32.1 Å². The van der Waals surface area contributed by atoms with E-state index in [1.54, 1.807) is 6.07 Å². The average Bonchev–Trinajstić information content (AvgIpc) is 2.75. The number of ether oxygens (including phenoxy) is 3. The molecule has 1 heterocycles. The van der Waals surface area contributed by atoms with Crippen molar-refractivity contribution >= 4 is 11.0 Å². The number of benzene rings is 1. The predicted octanol–water partition coefficient (Wildman–Crippen LogP) is 7.39. The molecule has 5 heteroatoms. The summed E-state index contributed by atoms with van der Waals surface area (Å²) in [6.07, 6.45) is 12.0. The zero-order valence-electron chi connectivity index (χ0n) is 20.9. The lowest BCUT2D eigenvalue weighted by atomic mass is 10.1. The van der Waals surface area contributed by atoms with Gasteiger partial charge in [0.15, 0.2) is 17.1 Å². The molecule has 0 saturated carbocycles. The molecule has 5 nitrogen and oxygen atoms in total. The Morgan fingerprint density at radius 2 is 1.82 bits per heavy atom. The zero-order valence-corrected chi connectivity index (χ0v) is 20.9. The summed E-state index contributed by atoms with van der Waals surface area (Å²) in [5.74, 6) is 1.00. The topological polar surface area (TPSA) is 57.9 Å². The lowest BCUT2D eigenvalue weighted by Crippen LogP contribution is -2.14. The first-order chi connectivity index (χ1) is 15.8. The lowest BCUT2D eigenvalue weighted by Gasteiger charge is -2.16. The van der Waals surface area contributed by atoms with Gasteiger partial charge in [0.25, 0.3) is 0 Å². The van der Waals surface area contributed by atoms with E-state index in [0.29, 0.717) is 29.1 Å². The summed E-state index contributed by atoms with van der Waals surface area (Å²) in [4.78, 5) is 12.9. The van der Waals surface area contributed by atoms with Gasteiger partial charge in [0.05, 0.1) is 18.1 Å². The highest BCUT2D eigenvalue weighted by atomic mass is 16.5. The van der Waals surface area contributed by atoms with Crippen molar-refractivity contribution in [2.75, 3.05) is 13.2 Å². The van der Waals surface area contributed by atoms with Crippen LogP contribution in [0.25, 0.3) is 11.0 Å². The Labute approximate surface area is 197 Å². The SMILES string of the molecule is CCC=CCCOc1cccc2c(OC(C)C)c(OCC=C(C)CCC=C(C)C)c(=O)oc12. The third kappa shape index (κ3) is 8.49. The Morgan fingerprint density at radius 3 is 2.52 bits per heavy atom. The summed E-state index contributed by atoms with van der Waals surface area (Å²) in [7, 11) is 0. The summed E-state index contributed by atoms with van der Waals surface area (Å²) in [5, 5.41) is 0.657. The fourth-order valence-corrected chi connectivity index (χ4v) is 3.22. The molecule has 0 aliphatic heterocycles. The van der Waals surface area contributed by atoms with Crippen molar-refractivity contribution in [1.29, 1.82) is 0 Å². The van der Waals surface area contributed by atoms with E-state index in [2.05, 4.69) is 45.9 Å². The van der Waals surface area contributed by atoms with Crippen LogP contribution in [0, 0.1) is 0 Å². The zero-order chi connectivity index (χ0) is 24.2. The van der Waals surface area contributed by atoms with Crippen LogP contribution in [0.2, 0.25) is 0 Å². The minimum atomic E-state index is -0.573. The van der Waals surface area contributed by atoms with Gasteiger partial charge in [-0.15, -0.1) is 0 Å². The highest BCUT2D eigenvalue weighted by Gasteiger charge is 2.21. The Morgan fingerprint density at radius 1 is 1.03 bits per heavy atom. The Bertz CT molecular complexity index is 1040. The number of allylic oxidation sites excluding steroid dienone is 4. The Kier molecular flexibility index (Phi) is 10.8. The summed E-state index contributed by atoms with van der Waals surface area (Å²) in [6, 6.07) is 5.52. The van der Waals surface area contributed by atoms with E-state index in [-0.39, 0.29) is 18.5 Å². The molecule has 0 unspecified atom stereocenters. The third-order valence-electron chi connectivity index (χ3n) is 4.86. The second-order valence-corrected chi connectivity index (χ2v) is 8.55. The minimum absolute atomic E-state index is 0.0903. The van der Waals surface area contributed by atoms with Gasteiger partial charge in [0.1, 0.15) is 6.61 Å². The van der Waals surface area contributed by atoms with Crippen molar-refractivity contribution in [2.24, 2.45) is 0 Å². The fourth-order valence-electron chi connectivity index (χ4n) is 3.22. The first-order valence-corrected chi connectivity index (χ1v) is 11.8. The third-order valence-corrected chi connectivity index (χ3v) is 4.86. The van der Waals surface area contributed by atoms with Gasteiger partial charge < -0.3 is 18.6 Å². The highest BCUT2D eigenvalue weighted by Crippen LogP contribution is 2.37. The molecule has 0 radical (unpaired) electrons. The van der Waals surface area contributed by atoms with Crippen molar-refractivity contribution < 1.29 is 18.6 Å². The average molecular weight is 455 g/mol. The second kappa shape index (κ2) is 13.6. The fraction of sp³-hybridized carbons (Fsp3) is 0.464. The maximum Gasteiger partial charge on any atom is 0.383 e. The van der Waals surface area contributed by atoms with Crippen molar-refractivity contribution in [1.82, 2.24) is 0 Å². The number of rotatable bonds is 13. The molecule has 2 rings (SSSR count). The minimum Gasteiger partial charge on any atom is -0.489 e. The van der Waals surface area contributed by atoms with Crippen LogP contribution in [0.15, 0.2) is 62.9 Å². The molecule has 0 fully saturated rings. The van der Waals surface area contributed by atoms with Gasteiger partial charge in [-0.1, -0.05) is 42.4 Å². The quantitative estimate of drug-likeness (QED) is 0.179. The van der Waals surface area contributed by atoms with Gasteiger partial charge in [0.2, 0.25) is 5.75 Å². The predicted molar refractivity (Wildman–Crippen MR) is 136 cm³/mol. The van der Waals surface area contributed by atoms with Crippen molar-refractivity contribution in [2.45, 2.75) is 73.3 Å². The molecule has 0 spiro atoms. The van der Waals surface area contributed by atoms with Crippen molar-refractivity contribution in [3.05, 3.63) is 64.1 Å². The summed E-state index contributed by atoms with van der Waals surface area (Å²) < 4.78 is 23.4. The summed E-state index contributed by atoms with van der Waals surface area (Å²) in [5.41, 5.74) is 2.31. The Hall–Kier alpha value is -2.95. The molecule has 0 aliphatic carbocycles. The van der Waals surface area contributed by atoms with Crippen molar-refractivity contribution in [3.63, 3.8) is 0 Å². The van der Waals surface area contributed by atoms with Crippen LogP contribution in [0.4, 0.5) is 0 Å². The lowest BCUT2D eigenvalue weighted by molar-refractivity contribution is 0.224. The molecule has 2 aromatic rings. The van der Waals surface area contributed by atoms with Crippen LogP contribution in [-0.4, -0.2) is 19.3 Å². The molecule has 33 heavy (non-hydrogen) atoms. The normalized spacial score (nSPS) is 11.9. The van der Waals surface area contributed by atoms with Gasteiger partial charge in [-0.25, -0.2) is 4.79 Å².